The number of halogens is 3. The highest BCUT2D eigenvalue weighted by molar-refractivity contribution is 6.16. The van der Waals surface area contributed by atoms with E-state index in [9.17, 15) is 8.78 Å². The second-order valence-electron chi connectivity index (χ2n) is 3.92. The molecule has 2 heterocycles. The van der Waals surface area contributed by atoms with Crippen LogP contribution in [0, 0.1) is 11.6 Å². The minimum atomic E-state index is -0.946. The molecule has 6 heteroatoms. The molecule has 0 aliphatic carbocycles. The molecule has 0 N–H and O–H groups in total. The summed E-state index contributed by atoms with van der Waals surface area (Å²) in [5.74, 6) is -1.37. The van der Waals surface area contributed by atoms with Gasteiger partial charge in [0.1, 0.15) is 11.3 Å². The van der Waals surface area contributed by atoms with Crippen LogP contribution in [0.1, 0.15) is 5.82 Å². The maximum Gasteiger partial charge on any atom is 0.182 e. The molecule has 3 nitrogen and oxygen atoms in total. The summed E-state index contributed by atoms with van der Waals surface area (Å²) in [6.45, 7) is 0. The van der Waals surface area contributed by atoms with E-state index in [1.807, 2.05) is 0 Å². The third-order valence-corrected chi connectivity index (χ3v) is 3.02. The normalized spacial score (nSPS) is 11.1. The summed E-state index contributed by atoms with van der Waals surface area (Å²) in [5.41, 5.74) is 1.08. The Morgan fingerprint density at radius 3 is 2.79 bits per heavy atom. The van der Waals surface area contributed by atoms with Crippen LogP contribution in [0.2, 0.25) is 0 Å². The maximum absolute atomic E-state index is 13.9. The fourth-order valence-corrected chi connectivity index (χ4v) is 2.15. The summed E-state index contributed by atoms with van der Waals surface area (Å²) in [6.07, 6.45) is 1.57. The fourth-order valence-electron chi connectivity index (χ4n) is 1.97. The topological polar surface area (TPSA) is 30.7 Å². The summed E-state index contributed by atoms with van der Waals surface area (Å²) in [4.78, 5) is 8.41. The van der Waals surface area contributed by atoms with Gasteiger partial charge in [0.05, 0.1) is 11.6 Å². The highest BCUT2D eigenvalue weighted by Crippen LogP contribution is 2.24. The number of nitrogens with zero attached hydrogens (tertiary/aromatic N) is 3. The predicted molar refractivity (Wildman–Crippen MR) is 68.3 cm³/mol. The van der Waals surface area contributed by atoms with Gasteiger partial charge in [0.15, 0.2) is 17.3 Å². The molecule has 3 rings (SSSR count). The molecular weight excluding hydrogens is 272 g/mol. The minimum absolute atomic E-state index is 0.0526. The average Bonchev–Trinajstić information content (AvgIpc) is 2.80. The van der Waals surface area contributed by atoms with Crippen molar-refractivity contribution >= 4 is 22.8 Å². The van der Waals surface area contributed by atoms with Crippen LogP contribution >= 0.6 is 11.6 Å². The lowest BCUT2D eigenvalue weighted by Gasteiger charge is -2.08. The molecular formula is C13H8ClF2N3. The van der Waals surface area contributed by atoms with Crippen molar-refractivity contribution in [3.63, 3.8) is 0 Å². The smallest absolute Gasteiger partial charge is 0.182 e. The van der Waals surface area contributed by atoms with Gasteiger partial charge in [-0.05, 0) is 24.3 Å². The minimum Gasteiger partial charge on any atom is -0.277 e. The predicted octanol–water partition coefficient (Wildman–Crippen LogP) is 3.44. The summed E-state index contributed by atoms with van der Waals surface area (Å²) >= 11 is 5.82. The molecule has 1 aromatic carbocycles. The lowest BCUT2D eigenvalue weighted by atomic mass is 10.3. The fraction of sp³-hybridized carbons (Fsp3) is 0.0769. The maximum atomic E-state index is 13.9. The van der Waals surface area contributed by atoms with E-state index in [1.54, 1.807) is 18.3 Å². The summed E-state index contributed by atoms with van der Waals surface area (Å²) in [6, 6.07) is 7.42. The van der Waals surface area contributed by atoms with Crippen molar-refractivity contribution in [2.24, 2.45) is 0 Å². The zero-order valence-corrected chi connectivity index (χ0v) is 10.4. The molecule has 0 atom stereocenters. The van der Waals surface area contributed by atoms with Crippen molar-refractivity contribution in [2.75, 3.05) is 0 Å². The van der Waals surface area contributed by atoms with Crippen LogP contribution in [-0.2, 0) is 5.88 Å². The lowest BCUT2D eigenvalue weighted by molar-refractivity contribution is 0.504. The summed E-state index contributed by atoms with van der Waals surface area (Å²) < 4.78 is 28.7. The highest BCUT2D eigenvalue weighted by Gasteiger charge is 2.17. The molecule has 0 unspecified atom stereocenters. The number of aromatic nitrogens is 3. The first-order chi connectivity index (χ1) is 9.22. The molecule has 19 heavy (non-hydrogen) atoms. The van der Waals surface area contributed by atoms with Crippen molar-refractivity contribution in [1.29, 1.82) is 0 Å². The molecule has 0 saturated heterocycles. The van der Waals surface area contributed by atoms with Crippen molar-refractivity contribution in [1.82, 2.24) is 14.5 Å². The first-order valence-corrected chi connectivity index (χ1v) is 6.08. The van der Waals surface area contributed by atoms with E-state index < -0.39 is 11.6 Å². The molecule has 0 bridgehead atoms. The summed E-state index contributed by atoms with van der Waals surface area (Å²) in [5, 5.41) is 0. The Balaban J connectivity index is 2.38. The quantitative estimate of drug-likeness (QED) is 0.673. The number of benzene rings is 1. The van der Waals surface area contributed by atoms with Gasteiger partial charge in [-0.3, -0.25) is 4.57 Å². The van der Waals surface area contributed by atoms with Crippen molar-refractivity contribution in [3.8, 4) is 5.69 Å². The van der Waals surface area contributed by atoms with E-state index in [4.69, 9.17) is 11.6 Å². The SMILES string of the molecule is Fc1cccc(-n2c(CCl)nc3cccnc32)c1F. The first kappa shape index (κ1) is 12.0. The van der Waals surface area contributed by atoms with Gasteiger partial charge in [0.25, 0.3) is 0 Å². The molecule has 0 amide bonds. The van der Waals surface area contributed by atoms with Crippen LogP contribution < -0.4 is 0 Å². The van der Waals surface area contributed by atoms with E-state index in [0.29, 0.717) is 17.0 Å². The number of fused-ring (bicyclic) bond motifs is 1. The van der Waals surface area contributed by atoms with E-state index >= 15 is 0 Å². The van der Waals surface area contributed by atoms with Crippen molar-refractivity contribution < 1.29 is 8.78 Å². The number of imidazole rings is 1. The Morgan fingerprint density at radius 1 is 1.16 bits per heavy atom. The van der Waals surface area contributed by atoms with Crippen LogP contribution in [-0.4, -0.2) is 14.5 Å². The second-order valence-corrected chi connectivity index (χ2v) is 4.18. The third-order valence-electron chi connectivity index (χ3n) is 2.78. The first-order valence-electron chi connectivity index (χ1n) is 5.55. The molecule has 96 valence electrons. The third kappa shape index (κ3) is 1.86. The van der Waals surface area contributed by atoms with E-state index in [2.05, 4.69) is 9.97 Å². The molecule has 0 spiro atoms. The lowest BCUT2D eigenvalue weighted by Crippen LogP contribution is -2.04. The molecule has 0 saturated carbocycles. The van der Waals surface area contributed by atoms with Gasteiger partial charge in [-0.1, -0.05) is 6.07 Å². The molecule has 0 aliphatic rings. The Bertz CT molecular complexity index is 755. The molecule has 3 aromatic rings. The van der Waals surface area contributed by atoms with Crippen molar-refractivity contribution in [3.05, 3.63) is 54.0 Å². The monoisotopic (exact) mass is 279 g/mol. The van der Waals surface area contributed by atoms with Gasteiger partial charge in [-0.2, -0.15) is 0 Å². The van der Waals surface area contributed by atoms with Gasteiger partial charge in [0.2, 0.25) is 0 Å². The summed E-state index contributed by atoms with van der Waals surface area (Å²) in [7, 11) is 0. The van der Waals surface area contributed by atoms with Gasteiger partial charge in [-0.25, -0.2) is 18.7 Å². The Labute approximate surface area is 112 Å². The highest BCUT2D eigenvalue weighted by atomic mass is 35.5. The number of alkyl halides is 1. The number of pyridine rings is 1. The zero-order valence-electron chi connectivity index (χ0n) is 9.65. The molecule has 0 fully saturated rings. The van der Waals surface area contributed by atoms with E-state index in [0.717, 1.165) is 6.07 Å². The van der Waals surface area contributed by atoms with Gasteiger partial charge in [0, 0.05) is 6.20 Å². The van der Waals surface area contributed by atoms with Crippen LogP contribution in [0.4, 0.5) is 8.78 Å². The number of rotatable bonds is 2. The average molecular weight is 280 g/mol. The number of hydrogen-bond donors (Lipinski definition) is 0. The molecule has 0 radical (unpaired) electrons. The van der Waals surface area contributed by atoms with Crippen LogP contribution in [0.15, 0.2) is 36.5 Å². The van der Waals surface area contributed by atoms with Gasteiger partial charge >= 0.3 is 0 Å². The van der Waals surface area contributed by atoms with E-state index in [-0.39, 0.29) is 11.6 Å². The van der Waals surface area contributed by atoms with E-state index in [1.165, 1.54) is 16.7 Å². The van der Waals surface area contributed by atoms with Crippen molar-refractivity contribution in [2.45, 2.75) is 5.88 Å². The second kappa shape index (κ2) is 4.59. The molecule has 2 aromatic heterocycles. The Kier molecular flexibility index (Phi) is 2.91. The van der Waals surface area contributed by atoms with Gasteiger partial charge < -0.3 is 0 Å². The van der Waals surface area contributed by atoms with Crippen LogP contribution in [0.3, 0.4) is 0 Å². The van der Waals surface area contributed by atoms with Gasteiger partial charge in [-0.15, -0.1) is 11.6 Å². The largest absolute Gasteiger partial charge is 0.277 e. The standard InChI is InChI=1S/C13H8ClF2N3/c14-7-11-18-9-4-2-6-17-13(9)19(11)10-5-1-3-8(15)12(10)16/h1-6H,7H2. The molecule has 0 aliphatic heterocycles. The Hall–Kier alpha value is -2.01. The number of hydrogen-bond acceptors (Lipinski definition) is 2. The van der Waals surface area contributed by atoms with Crippen LogP contribution in [0.5, 0.6) is 0 Å². The Morgan fingerprint density at radius 2 is 2.00 bits per heavy atom. The zero-order chi connectivity index (χ0) is 13.4. The van der Waals surface area contributed by atoms with Crippen LogP contribution in [0.25, 0.3) is 16.9 Å².